The van der Waals surface area contributed by atoms with Gasteiger partial charge in [-0.1, -0.05) is 172 Å². The normalized spacial score (nSPS) is 13.3. The third kappa shape index (κ3) is 4.11. The van der Waals surface area contributed by atoms with Crippen molar-refractivity contribution in [3.63, 3.8) is 0 Å². The van der Waals surface area contributed by atoms with Crippen LogP contribution in [0.1, 0.15) is 25.0 Å². The lowest BCUT2D eigenvalue weighted by Crippen LogP contribution is -2.15. The molecule has 0 aliphatic heterocycles. The van der Waals surface area contributed by atoms with Gasteiger partial charge >= 0.3 is 0 Å². The highest BCUT2D eigenvalue weighted by molar-refractivity contribution is 6.23. The van der Waals surface area contributed by atoms with Crippen LogP contribution in [0, 0.1) is 0 Å². The Kier molecular flexibility index (Phi) is 6.02. The first-order valence-corrected chi connectivity index (χ1v) is 17.3. The molecule has 1 aliphatic carbocycles. The second kappa shape index (κ2) is 10.5. The molecule has 0 N–H and O–H groups in total. The Labute approximate surface area is 286 Å². The second-order valence-corrected chi connectivity index (χ2v) is 14.0. The van der Waals surface area contributed by atoms with Crippen molar-refractivity contribution in [3.8, 4) is 44.5 Å². The zero-order valence-corrected chi connectivity index (χ0v) is 27.7. The molecular formula is C49H34. The van der Waals surface area contributed by atoms with Gasteiger partial charge in [-0.25, -0.2) is 0 Å². The third-order valence-corrected chi connectivity index (χ3v) is 11.0. The predicted octanol–water partition coefficient (Wildman–Crippen LogP) is 13.6. The monoisotopic (exact) mass is 622 g/mol. The predicted molar refractivity (Wildman–Crippen MR) is 210 cm³/mol. The maximum absolute atomic E-state index is 2.45. The van der Waals surface area contributed by atoms with Gasteiger partial charge in [-0.3, -0.25) is 0 Å². The molecule has 0 amide bonds. The van der Waals surface area contributed by atoms with Crippen LogP contribution in [0.4, 0.5) is 0 Å². The molecule has 9 aromatic carbocycles. The minimum absolute atomic E-state index is 0.0942. The fraction of sp³-hybridized carbons (Fsp3) is 0.0612. The van der Waals surface area contributed by atoms with Crippen molar-refractivity contribution in [2.75, 3.05) is 0 Å². The molecule has 0 nitrogen and oxygen atoms in total. The largest absolute Gasteiger partial charge is 0.0616 e. The molecule has 0 heteroatoms. The number of fused-ring (bicyclic) bond motifs is 8. The Morgan fingerprint density at radius 3 is 1.55 bits per heavy atom. The maximum atomic E-state index is 2.45. The van der Waals surface area contributed by atoms with E-state index in [1.807, 2.05) is 0 Å². The standard InChI is InChI=1S/C49H34/c1-49(2)45-30-34(26-27-38(45)44-28-25-32-14-4-6-19-37(32)48(44)49)33-16-11-17-35(29-33)46-40-20-7-9-22-42(40)47(43-23-10-8-21-41(43)46)39-24-12-15-31-13-3-5-18-36(31)39/h3-30H,1-2H3. The van der Waals surface area contributed by atoms with Crippen molar-refractivity contribution in [2.24, 2.45) is 0 Å². The van der Waals surface area contributed by atoms with E-state index in [1.54, 1.807) is 0 Å². The van der Waals surface area contributed by atoms with Crippen molar-refractivity contribution in [2.45, 2.75) is 19.3 Å². The van der Waals surface area contributed by atoms with Crippen LogP contribution in [0.25, 0.3) is 87.6 Å². The molecule has 0 aromatic heterocycles. The Balaban J connectivity index is 1.17. The van der Waals surface area contributed by atoms with Crippen LogP contribution in [0.15, 0.2) is 170 Å². The second-order valence-electron chi connectivity index (χ2n) is 14.0. The smallest absolute Gasteiger partial charge is 0.0165 e. The summed E-state index contributed by atoms with van der Waals surface area (Å²) in [5.74, 6) is 0. The molecule has 0 atom stereocenters. The molecule has 0 fully saturated rings. The lowest BCUT2D eigenvalue weighted by molar-refractivity contribution is 0.666. The summed E-state index contributed by atoms with van der Waals surface area (Å²) in [6.45, 7) is 4.78. The Bertz CT molecular complexity index is 2730. The number of rotatable bonds is 3. The van der Waals surface area contributed by atoms with E-state index in [-0.39, 0.29) is 5.41 Å². The number of hydrogen-bond acceptors (Lipinski definition) is 0. The van der Waals surface area contributed by atoms with Gasteiger partial charge in [0, 0.05) is 5.41 Å². The van der Waals surface area contributed by atoms with E-state index in [0.717, 1.165) is 0 Å². The molecule has 0 saturated heterocycles. The SMILES string of the molecule is CC1(C)c2cc(-c3cccc(-c4c5ccccc5c(-c5cccc6ccccc56)c5ccccc45)c3)ccc2-c2ccc3ccccc3c21. The topological polar surface area (TPSA) is 0 Å². The van der Waals surface area contributed by atoms with Gasteiger partial charge in [-0.15, -0.1) is 0 Å². The summed E-state index contributed by atoms with van der Waals surface area (Å²) in [7, 11) is 0. The first kappa shape index (κ1) is 28.1. The molecule has 0 heterocycles. The van der Waals surface area contributed by atoms with Crippen LogP contribution >= 0.6 is 0 Å². The fourth-order valence-corrected chi connectivity index (χ4v) is 8.81. The van der Waals surface area contributed by atoms with Crippen LogP contribution in [0.5, 0.6) is 0 Å². The van der Waals surface area contributed by atoms with Crippen LogP contribution in [0.2, 0.25) is 0 Å². The van der Waals surface area contributed by atoms with Gasteiger partial charge in [0.2, 0.25) is 0 Å². The number of benzene rings is 9. The van der Waals surface area contributed by atoms with Gasteiger partial charge in [0.1, 0.15) is 0 Å². The first-order valence-electron chi connectivity index (χ1n) is 17.3. The fourth-order valence-electron chi connectivity index (χ4n) is 8.81. The van der Waals surface area contributed by atoms with Crippen molar-refractivity contribution in [1.82, 2.24) is 0 Å². The first-order chi connectivity index (χ1) is 24.1. The zero-order valence-electron chi connectivity index (χ0n) is 27.7. The van der Waals surface area contributed by atoms with E-state index in [2.05, 4.69) is 184 Å². The van der Waals surface area contributed by atoms with Crippen LogP contribution in [0.3, 0.4) is 0 Å². The molecule has 1 aliphatic rings. The lowest BCUT2D eigenvalue weighted by Gasteiger charge is -2.23. The Hall–Kier alpha value is -5.98. The molecule has 9 aromatic rings. The van der Waals surface area contributed by atoms with Crippen molar-refractivity contribution >= 4 is 43.1 Å². The highest BCUT2D eigenvalue weighted by Gasteiger charge is 2.37. The summed E-state index contributed by atoms with van der Waals surface area (Å²) in [5.41, 5.74) is 13.1. The van der Waals surface area contributed by atoms with Gasteiger partial charge in [0.05, 0.1) is 0 Å². The molecule has 0 saturated carbocycles. The average molecular weight is 623 g/mol. The molecule has 0 radical (unpaired) electrons. The minimum atomic E-state index is -0.0942. The quantitative estimate of drug-likeness (QED) is 0.172. The van der Waals surface area contributed by atoms with E-state index in [1.165, 1.54) is 98.7 Å². The summed E-state index contributed by atoms with van der Waals surface area (Å²) in [6, 6.07) is 63.1. The van der Waals surface area contributed by atoms with Crippen LogP contribution in [-0.4, -0.2) is 0 Å². The van der Waals surface area contributed by atoms with Crippen LogP contribution in [-0.2, 0) is 5.41 Å². The van der Waals surface area contributed by atoms with Gasteiger partial charge in [0.25, 0.3) is 0 Å². The van der Waals surface area contributed by atoms with Crippen LogP contribution < -0.4 is 0 Å². The molecule has 0 spiro atoms. The Morgan fingerprint density at radius 1 is 0.327 bits per heavy atom. The van der Waals surface area contributed by atoms with E-state index in [9.17, 15) is 0 Å². The number of hydrogen-bond donors (Lipinski definition) is 0. The third-order valence-electron chi connectivity index (χ3n) is 11.0. The average Bonchev–Trinajstić information content (AvgIpc) is 3.39. The molecule has 230 valence electrons. The summed E-state index contributed by atoms with van der Waals surface area (Å²) in [4.78, 5) is 0. The van der Waals surface area contributed by atoms with E-state index in [4.69, 9.17) is 0 Å². The van der Waals surface area contributed by atoms with Gasteiger partial charge < -0.3 is 0 Å². The maximum Gasteiger partial charge on any atom is 0.0165 e. The molecular weight excluding hydrogens is 589 g/mol. The van der Waals surface area contributed by atoms with Crippen molar-refractivity contribution in [1.29, 1.82) is 0 Å². The van der Waals surface area contributed by atoms with E-state index < -0.39 is 0 Å². The minimum Gasteiger partial charge on any atom is -0.0616 e. The summed E-state index contributed by atoms with van der Waals surface area (Å²) < 4.78 is 0. The molecule has 10 rings (SSSR count). The zero-order chi connectivity index (χ0) is 32.7. The highest BCUT2D eigenvalue weighted by Crippen LogP contribution is 2.52. The highest BCUT2D eigenvalue weighted by atomic mass is 14.4. The van der Waals surface area contributed by atoms with Gasteiger partial charge in [-0.05, 0) is 111 Å². The summed E-state index contributed by atoms with van der Waals surface area (Å²) in [5, 5.41) is 10.3. The summed E-state index contributed by atoms with van der Waals surface area (Å²) >= 11 is 0. The van der Waals surface area contributed by atoms with Crippen molar-refractivity contribution < 1.29 is 0 Å². The Morgan fingerprint density at radius 2 is 0.837 bits per heavy atom. The summed E-state index contributed by atoms with van der Waals surface area (Å²) in [6.07, 6.45) is 0. The van der Waals surface area contributed by atoms with Crippen molar-refractivity contribution in [3.05, 3.63) is 181 Å². The molecule has 49 heavy (non-hydrogen) atoms. The molecule has 0 bridgehead atoms. The molecule has 0 unspecified atom stereocenters. The lowest BCUT2D eigenvalue weighted by atomic mass is 9.79. The van der Waals surface area contributed by atoms with E-state index in [0.29, 0.717) is 0 Å². The van der Waals surface area contributed by atoms with Gasteiger partial charge in [-0.2, -0.15) is 0 Å². The van der Waals surface area contributed by atoms with E-state index >= 15 is 0 Å². The van der Waals surface area contributed by atoms with Gasteiger partial charge in [0.15, 0.2) is 0 Å².